The summed E-state index contributed by atoms with van der Waals surface area (Å²) >= 11 is 1.50. The van der Waals surface area contributed by atoms with Crippen molar-refractivity contribution in [2.75, 3.05) is 5.32 Å². The smallest absolute Gasteiger partial charge is 0.281 e. The van der Waals surface area contributed by atoms with E-state index in [0.717, 1.165) is 10.4 Å². The van der Waals surface area contributed by atoms with Crippen LogP contribution in [0.1, 0.15) is 15.9 Å². The summed E-state index contributed by atoms with van der Waals surface area (Å²) in [7, 11) is 0. The van der Waals surface area contributed by atoms with Crippen LogP contribution in [0.15, 0.2) is 72.1 Å². The molecule has 0 unspecified atom stereocenters. The standard InChI is InChI=1S/C20H15FN4OS/c21-16-10-8-14(9-11-16)13-22-20-23-18(17-7-4-12-27-17)24-25(20)19(26)15-5-2-1-3-6-15/h1-12H,13H2,(H,22,23,24). The first-order valence-electron chi connectivity index (χ1n) is 8.30. The monoisotopic (exact) mass is 378 g/mol. The molecule has 0 fully saturated rings. The van der Waals surface area contributed by atoms with Gasteiger partial charge in [-0.3, -0.25) is 4.79 Å². The van der Waals surface area contributed by atoms with E-state index in [1.165, 1.54) is 28.2 Å². The quantitative estimate of drug-likeness (QED) is 0.558. The molecule has 0 saturated heterocycles. The number of hydrogen-bond acceptors (Lipinski definition) is 5. The number of carbonyl (C=O) groups excluding carboxylic acids is 1. The van der Waals surface area contributed by atoms with Crippen LogP contribution in [-0.2, 0) is 6.54 Å². The number of anilines is 1. The molecular formula is C20H15FN4OS. The SMILES string of the molecule is O=C(c1ccccc1)n1nc(-c2cccs2)nc1NCc1ccc(F)cc1. The van der Waals surface area contributed by atoms with Crippen LogP contribution in [0.25, 0.3) is 10.7 Å². The van der Waals surface area contributed by atoms with E-state index in [1.807, 2.05) is 23.6 Å². The van der Waals surface area contributed by atoms with E-state index in [9.17, 15) is 9.18 Å². The Bertz CT molecular complexity index is 1040. The van der Waals surface area contributed by atoms with Crippen LogP contribution in [0.2, 0.25) is 0 Å². The third-order valence-electron chi connectivity index (χ3n) is 3.93. The average Bonchev–Trinajstić information content (AvgIpc) is 3.37. The van der Waals surface area contributed by atoms with E-state index in [4.69, 9.17) is 0 Å². The zero-order chi connectivity index (χ0) is 18.6. The van der Waals surface area contributed by atoms with Gasteiger partial charge in [-0.2, -0.15) is 9.67 Å². The van der Waals surface area contributed by atoms with Gasteiger partial charge in [0.05, 0.1) is 4.88 Å². The molecule has 0 aliphatic rings. The summed E-state index contributed by atoms with van der Waals surface area (Å²) in [6, 6.07) is 18.9. The van der Waals surface area contributed by atoms with Gasteiger partial charge < -0.3 is 5.32 Å². The molecule has 0 bridgehead atoms. The van der Waals surface area contributed by atoms with E-state index < -0.39 is 0 Å². The second-order valence-corrected chi connectivity index (χ2v) is 6.75. The molecule has 2 heterocycles. The van der Waals surface area contributed by atoms with Crippen LogP contribution in [0.5, 0.6) is 0 Å². The minimum Gasteiger partial charge on any atom is -0.350 e. The predicted octanol–water partition coefficient (Wildman–Crippen LogP) is 4.45. The topological polar surface area (TPSA) is 59.8 Å². The Morgan fingerprint density at radius 2 is 1.81 bits per heavy atom. The molecule has 0 aliphatic heterocycles. The van der Waals surface area contributed by atoms with Gasteiger partial charge in [0.1, 0.15) is 5.82 Å². The molecule has 0 radical (unpaired) electrons. The van der Waals surface area contributed by atoms with Gasteiger partial charge in [-0.25, -0.2) is 4.39 Å². The summed E-state index contributed by atoms with van der Waals surface area (Å²) in [5.74, 6) is 0.265. The van der Waals surface area contributed by atoms with E-state index in [1.54, 1.807) is 36.4 Å². The molecule has 4 rings (SSSR count). The van der Waals surface area contributed by atoms with E-state index in [2.05, 4.69) is 15.4 Å². The molecule has 4 aromatic rings. The van der Waals surface area contributed by atoms with Crippen LogP contribution < -0.4 is 5.32 Å². The highest BCUT2D eigenvalue weighted by Gasteiger charge is 2.19. The van der Waals surface area contributed by atoms with Crippen LogP contribution >= 0.6 is 11.3 Å². The van der Waals surface area contributed by atoms with Crippen molar-refractivity contribution in [3.63, 3.8) is 0 Å². The zero-order valence-electron chi connectivity index (χ0n) is 14.2. The molecule has 2 aromatic carbocycles. The summed E-state index contributed by atoms with van der Waals surface area (Å²) < 4.78 is 14.3. The molecule has 0 aliphatic carbocycles. The largest absolute Gasteiger partial charge is 0.350 e. The molecule has 5 nitrogen and oxygen atoms in total. The lowest BCUT2D eigenvalue weighted by molar-refractivity contribution is 0.0947. The number of hydrogen-bond donors (Lipinski definition) is 1. The molecule has 0 atom stereocenters. The van der Waals surface area contributed by atoms with Gasteiger partial charge in [0.15, 0.2) is 5.82 Å². The normalized spacial score (nSPS) is 10.7. The summed E-state index contributed by atoms with van der Waals surface area (Å²) in [5.41, 5.74) is 1.39. The molecule has 7 heteroatoms. The number of aromatic nitrogens is 3. The van der Waals surface area contributed by atoms with Gasteiger partial charge in [0.25, 0.3) is 5.91 Å². The summed E-state index contributed by atoms with van der Waals surface area (Å²) in [5, 5.41) is 9.46. The number of halogens is 1. The van der Waals surface area contributed by atoms with Crippen molar-refractivity contribution >= 4 is 23.2 Å². The summed E-state index contributed by atoms with van der Waals surface area (Å²) in [6.45, 7) is 0.394. The van der Waals surface area contributed by atoms with Gasteiger partial charge >= 0.3 is 0 Å². The number of rotatable bonds is 5. The van der Waals surface area contributed by atoms with Crippen molar-refractivity contribution in [2.24, 2.45) is 0 Å². The lowest BCUT2D eigenvalue weighted by Gasteiger charge is -2.07. The van der Waals surface area contributed by atoms with Crippen molar-refractivity contribution in [2.45, 2.75) is 6.54 Å². The number of nitrogens with one attached hydrogen (secondary N) is 1. The number of benzene rings is 2. The van der Waals surface area contributed by atoms with Gasteiger partial charge in [-0.15, -0.1) is 16.4 Å². The molecular weight excluding hydrogens is 363 g/mol. The van der Waals surface area contributed by atoms with E-state index in [-0.39, 0.29) is 11.7 Å². The maximum absolute atomic E-state index is 13.1. The minimum atomic E-state index is -0.291. The Morgan fingerprint density at radius 1 is 1.04 bits per heavy atom. The summed E-state index contributed by atoms with van der Waals surface area (Å²) in [6.07, 6.45) is 0. The van der Waals surface area contributed by atoms with E-state index >= 15 is 0 Å². The number of carbonyl (C=O) groups is 1. The maximum Gasteiger partial charge on any atom is 0.281 e. The molecule has 0 amide bonds. The molecule has 1 N–H and O–H groups in total. The molecule has 27 heavy (non-hydrogen) atoms. The Hall–Kier alpha value is -3.32. The van der Waals surface area contributed by atoms with Crippen molar-refractivity contribution in [3.8, 4) is 10.7 Å². The number of thiophene rings is 1. The fraction of sp³-hybridized carbons (Fsp3) is 0.0500. The van der Waals surface area contributed by atoms with Crippen molar-refractivity contribution < 1.29 is 9.18 Å². The third kappa shape index (κ3) is 3.78. The fourth-order valence-electron chi connectivity index (χ4n) is 2.56. The zero-order valence-corrected chi connectivity index (χ0v) is 15.0. The van der Waals surface area contributed by atoms with Crippen molar-refractivity contribution in [1.82, 2.24) is 14.8 Å². The highest BCUT2D eigenvalue weighted by Crippen LogP contribution is 2.23. The van der Waals surface area contributed by atoms with Gasteiger partial charge in [-0.1, -0.05) is 36.4 Å². The lowest BCUT2D eigenvalue weighted by Crippen LogP contribution is -2.17. The first-order chi connectivity index (χ1) is 13.2. The average molecular weight is 378 g/mol. The fourth-order valence-corrected chi connectivity index (χ4v) is 3.22. The first kappa shape index (κ1) is 17.1. The van der Waals surface area contributed by atoms with Crippen LogP contribution in [-0.4, -0.2) is 20.7 Å². The Morgan fingerprint density at radius 3 is 2.52 bits per heavy atom. The van der Waals surface area contributed by atoms with Gasteiger partial charge in [0.2, 0.25) is 5.95 Å². The lowest BCUT2D eigenvalue weighted by atomic mass is 10.2. The molecule has 2 aromatic heterocycles. The molecule has 0 saturated carbocycles. The van der Waals surface area contributed by atoms with Crippen LogP contribution in [0.3, 0.4) is 0 Å². The molecule has 0 spiro atoms. The Labute approximate surface area is 159 Å². The first-order valence-corrected chi connectivity index (χ1v) is 9.18. The van der Waals surface area contributed by atoms with Crippen molar-refractivity contribution in [1.29, 1.82) is 0 Å². The predicted molar refractivity (Wildman–Crippen MR) is 103 cm³/mol. The maximum atomic E-state index is 13.1. The third-order valence-corrected chi connectivity index (χ3v) is 4.79. The molecule has 134 valence electrons. The van der Waals surface area contributed by atoms with Gasteiger partial charge in [-0.05, 0) is 41.3 Å². The van der Waals surface area contributed by atoms with E-state index in [0.29, 0.717) is 23.9 Å². The highest BCUT2D eigenvalue weighted by molar-refractivity contribution is 7.13. The second kappa shape index (κ2) is 7.51. The second-order valence-electron chi connectivity index (χ2n) is 5.80. The van der Waals surface area contributed by atoms with Gasteiger partial charge in [0, 0.05) is 12.1 Å². The summed E-state index contributed by atoms with van der Waals surface area (Å²) in [4.78, 5) is 18.2. The number of nitrogens with zero attached hydrogens (tertiary/aromatic N) is 3. The highest BCUT2D eigenvalue weighted by atomic mass is 32.1. The minimum absolute atomic E-state index is 0.271. The van der Waals surface area contributed by atoms with Crippen LogP contribution in [0, 0.1) is 5.82 Å². The Kier molecular flexibility index (Phi) is 4.76. The van der Waals surface area contributed by atoms with Crippen molar-refractivity contribution in [3.05, 3.63) is 89.1 Å². The Balaban J connectivity index is 1.66. The van der Waals surface area contributed by atoms with Crippen LogP contribution in [0.4, 0.5) is 10.3 Å².